The van der Waals surface area contributed by atoms with E-state index in [2.05, 4.69) is 66.8 Å². The summed E-state index contributed by atoms with van der Waals surface area (Å²) in [4.78, 5) is 0. The zero-order valence-electron chi connectivity index (χ0n) is 14.1. The van der Waals surface area contributed by atoms with Crippen LogP contribution in [0.4, 0.5) is 5.69 Å². The minimum absolute atomic E-state index is 0.0702. The molecule has 122 valence electrons. The lowest BCUT2D eigenvalue weighted by atomic mass is 9.98. The molecule has 2 nitrogen and oxygen atoms in total. The van der Waals surface area contributed by atoms with E-state index in [0.29, 0.717) is 0 Å². The molecule has 0 amide bonds. The highest BCUT2D eigenvalue weighted by Crippen LogP contribution is 2.46. The molecule has 5 rings (SSSR count). The van der Waals surface area contributed by atoms with Gasteiger partial charge in [-0.15, -0.1) is 0 Å². The van der Waals surface area contributed by atoms with Gasteiger partial charge >= 0.3 is 0 Å². The maximum Gasteiger partial charge on any atom is 0.148 e. The summed E-state index contributed by atoms with van der Waals surface area (Å²) in [7, 11) is 0. The van der Waals surface area contributed by atoms with Gasteiger partial charge in [-0.1, -0.05) is 66.2 Å². The van der Waals surface area contributed by atoms with Crippen LogP contribution in [0.5, 0.6) is 5.75 Å². The van der Waals surface area contributed by atoms with Gasteiger partial charge < -0.3 is 10.1 Å². The molecular weight excluding hydrogens is 306 g/mol. The van der Waals surface area contributed by atoms with Crippen LogP contribution in [-0.4, -0.2) is 0 Å². The minimum Gasteiger partial charge on any atom is -0.479 e. The summed E-state index contributed by atoms with van der Waals surface area (Å²) in [6.07, 6.45) is 0.851. The van der Waals surface area contributed by atoms with Crippen LogP contribution in [0, 0.1) is 6.92 Å². The average molecular weight is 325 g/mol. The molecule has 0 saturated carbocycles. The number of hydrogen-bond donors (Lipinski definition) is 1. The van der Waals surface area contributed by atoms with Crippen LogP contribution >= 0.6 is 0 Å². The number of benzene rings is 3. The van der Waals surface area contributed by atoms with Crippen molar-refractivity contribution in [3.05, 3.63) is 101 Å². The molecule has 0 radical (unpaired) electrons. The fraction of sp³-hybridized carbons (Fsp3) is 0.130. The van der Waals surface area contributed by atoms with E-state index in [4.69, 9.17) is 4.74 Å². The topological polar surface area (TPSA) is 21.3 Å². The van der Waals surface area contributed by atoms with Crippen LogP contribution in [0.15, 0.2) is 78.4 Å². The lowest BCUT2D eigenvalue weighted by Crippen LogP contribution is -2.11. The molecule has 0 spiro atoms. The molecule has 3 aromatic rings. The molecule has 1 aliphatic heterocycles. The van der Waals surface area contributed by atoms with Crippen LogP contribution < -0.4 is 10.1 Å². The van der Waals surface area contributed by atoms with Crippen molar-refractivity contribution in [1.29, 1.82) is 0 Å². The second-order valence-corrected chi connectivity index (χ2v) is 6.76. The molecule has 0 aromatic heterocycles. The first kappa shape index (κ1) is 14.4. The maximum atomic E-state index is 6.51. The quantitative estimate of drug-likeness (QED) is 0.637. The molecule has 2 aliphatic rings. The maximum absolute atomic E-state index is 6.51. The number of rotatable bonds is 1. The number of para-hydroxylation sites is 2. The van der Waals surface area contributed by atoms with Gasteiger partial charge in [0.25, 0.3) is 0 Å². The monoisotopic (exact) mass is 325 g/mol. The number of nitrogens with one attached hydrogen (secondary N) is 1. The molecule has 1 atom stereocenters. The third kappa shape index (κ3) is 2.33. The summed E-state index contributed by atoms with van der Waals surface area (Å²) in [6, 6.07) is 25.5. The Bertz CT molecular complexity index is 985. The Morgan fingerprint density at radius 1 is 0.880 bits per heavy atom. The molecule has 3 aromatic carbocycles. The van der Waals surface area contributed by atoms with Crippen molar-refractivity contribution in [3.8, 4) is 5.75 Å². The van der Waals surface area contributed by atoms with E-state index in [1.807, 2.05) is 18.2 Å². The summed E-state index contributed by atoms with van der Waals surface area (Å²) < 4.78 is 6.51. The number of aryl methyl sites for hydroxylation is 1. The van der Waals surface area contributed by atoms with Gasteiger partial charge in [-0.2, -0.15) is 0 Å². The number of hydrogen-bond acceptors (Lipinski definition) is 2. The predicted octanol–water partition coefficient (Wildman–Crippen LogP) is 5.51. The van der Waals surface area contributed by atoms with E-state index in [9.17, 15) is 0 Å². The Labute approximate surface area is 147 Å². The number of anilines is 1. The smallest absolute Gasteiger partial charge is 0.148 e. The van der Waals surface area contributed by atoms with E-state index in [0.717, 1.165) is 17.9 Å². The van der Waals surface area contributed by atoms with Crippen molar-refractivity contribution in [2.24, 2.45) is 0 Å². The molecule has 0 fully saturated rings. The second kappa shape index (κ2) is 5.52. The first-order valence-corrected chi connectivity index (χ1v) is 8.70. The van der Waals surface area contributed by atoms with Gasteiger partial charge in [0.15, 0.2) is 0 Å². The highest BCUT2D eigenvalue weighted by atomic mass is 16.5. The Balaban J connectivity index is 1.69. The molecule has 1 aliphatic carbocycles. The van der Waals surface area contributed by atoms with E-state index in [1.165, 1.54) is 33.5 Å². The van der Waals surface area contributed by atoms with Gasteiger partial charge in [-0.25, -0.2) is 0 Å². The molecule has 1 unspecified atom stereocenters. The van der Waals surface area contributed by atoms with Crippen molar-refractivity contribution >= 4 is 11.4 Å². The van der Waals surface area contributed by atoms with E-state index in [1.54, 1.807) is 0 Å². The van der Waals surface area contributed by atoms with Gasteiger partial charge in [0.2, 0.25) is 0 Å². The van der Waals surface area contributed by atoms with Crippen molar-refractivity contribution < 1.29 is 4.74 Å². The van der Waals surface area contributed by atoms with Gasteiger partial charge in [-0.3, -0.25) is 0 Å². The molecule has 25 heavy (non-hydrogen) atoms. The summed E-state index contributed by atoms with van der Waals surface area (Å²) in [5.41, 5.74) is 8.65. The lowest BCUT2D eigenvalue weighted by molar-refractivity contribution is 0.244. The highest BCUT2D eigenvalue weighted by molar-refractivity contribution is 5.87. The predicted molar refractivity (Wildman–Crippen MR) is 102 cm³/mol. The standard InChI is InChI=1S/C23H19NO/c1-15-10-12-16(13-11-15)23-19-14-17-6-2-3-7-18(17)22(19)24-20-8-4-5-9-21(20)25-23/h2-13,23-24H,14H2,1H3. The normalized spacial score (nSPS) is 17.7. The average Bonchev–Trinajstić information content (AvgIpc) is 2.92. The van der Waals surface area contributed by atoms with Crippen molar-refractivity contribution in [3.63, 3.8) is 0 Å². The Hall–Kier alpha value is -3.00. The zero-order chi connectivity index (χ0) is 16.8. The highest BCUT2D eigenvalue weighted by Gasteiger charge is 2.32. The largest absolute Gasteiger partial charge is 0.479 e. The molecular formula is C23H19NO. The SMILES string of the molecule is Cc1ccc(C2Oc3ccccc3NC3=C2Cc2ccccc23)cc1. The summed E-state index contributed by atoms with van der Waals surface area (Å²) in [6.45, 7) is 2.12. The number of fused-ring (bicyclic) bond motifs is 3. The van der Waals surface area contributed by atoms with Crippen molar-refractivity contribution in [1.82, 2.24) is 0 Å². The van der Waals surface area contributed by atoms with E-state index >= 15 is 0 Å². The van der Waals surface area contributed by atoms with Crippen LogP contribution in [-0.2, 0) is 6.42 Å². The molecule has 2 heteroatoms. The first-order chi connectivity index (χ1) is 12.3. The summed E-state index contributed by atoms with van der Waals surface area (Å²) in [5, 5.41) is 3.64. The van der Waals surface area contributed by atoms with Gasteiger partial charge in [0, 0.05) is 23.3 Å². The van der Waals surface area contributed by atoms with Crippen molar-refractivity contribution in [2.75, 3.05) is 5.32 Å². The summed E-state index contributed by atoms with van der Waals surface area (Å²) >= 11 is 0. The minimum atomic E-state index is -0.0702. The number of ether oxygens (including phenoxy) is 1. The van der Waals surface area contributed by atoms with E-state index in [-0.39, 0.29) is 6.10 Å². The van der Waals surface area contributed by atoms with Crippen LogP contribution in [0.2, 0.25) is 0 Å². The first-order valence-electron chi connectivity index (χ1n) is 8.70. The molecule has 0 bridgehead atoms. The van der Waals surface area contributed by atoms with Gasteiger partial charge in [0.05, 0.1) is 5.69 Å². The van der Waals surface area contributed by atoms with Crippen LogP contribution in [0.3, 0.4) is 0 Å². The van der Waals surface area contributed by atoms with Gasteiger partial charge in [0.1, 0.15) is 11.9 Å². The lowest BCUT2D eigenvalue weighted by Gasteiger charge is -2.20. The van der Waals surface area contributed by atoms with Crippen molar-refractivity contribution in [2.45, 2.75) is 19.4 Å². The fourth-order valence-electron chi connectivity index (χ4n) is 3.77. The zero-order valence-corrected chi connectivity index (χ0v) is 14.1. The second-order valence-electron chi connectivity index (χ2n) is 6.76. The summed E-state index contributed by atoms with van der Waals surface area (Å²) in [5.74, 6) is 0.903. The Morgan fingerprint density at radius 2 is 1.64 bits per heavy atom. The third-order valence-electron chi connectivity index (χ3n) is 5.08. The van der Waals surface area contributed by atoms with Crippen LogP contribution in [0.25, 0.3) is 5.70 Å². The molecule has 0 saturated heterocycles. The Kier molecular flexibility index (Phi) is 3.17. The van der Waals surface area contributed by atoms with Gasteiger partial charge in [-0.05, 0) is 30.2 Å². The van der Waals surface area contributed by atoms with Crippen LogP contribution in [0.1, 0.15) is 28.4 Å². The van der Waals surface area contributed by atoms with E-state index < -0.39 is 0 Å². The Morgan fingerprint density at radius 3 is 2.52 bits per heavy atom. The fourth-order valence-corrected chi connectivity index (χ4v) is 3.77. The molecule has 1 heterocycles. The third-order valence-corrected chi connectivity index (χ3v) is 5.08. The molecule has 1 N–H and O–H groups in total.